The summed E-state index contributed by atoms with van der Waals surface area (Å²) < 4.78 is 9.57. The number of hydrogen-bond acceptors (Lipinski definition) is 3. The summed E-state index contributed by atoms with van der Waals surface area (Å²) >= 11 is 0. The van der Waals surface area contributed by atoms with Crippen LogP contribution in [0.5, 0.6) is 0 Å². The van der Waals surface area contributed by atoms with E-state index in [1.807, 2.05) is 0 Å². The van der Waals surface area contributed by atoms with Crippen molar-refractivity contribution < 1.29 is 14.3 Å². The van der Waals surface area contributed by atoms with Crippen LogP contribution in [0.3, 0.4) is 0 Å². The van der Waals surface area contributed by atoms with E-state index in [9.17, 15) is 4.79 Å². The van der Waals surface area contributed by atoms with Crippen molar-refractivity contribution in [2.45, 2.75) is 71.6 Å². The van der Waals surface area contributed by atoms with E-state index < -0.39 is 6.16 Å². The fourth-order valence-corrected chi connectivity index (χ4v) is 1.74. The molecular weight excluding hydrogens is 228 g/mol. The third-order valence-electron chi connectivity index (χ3n) is 2.73. The second-order valence-electron chi connectivity index (χ2n) is 4.73. The quantitative estimate of drug-likeness (QED) is 0.289. The number of carbonyl (C=O) groups excluding carboxylic acids is 1. The molecule has 0 fully saturated rings. The third-order valence-corrected chi connectivity index (χ3v) is 2.73. The van der Waals surface area contributed by atoms with Gasteiger partial charge in [0.05, 0.1) is 6.61 Å². The molecule has 0 radical (unpaired) electrons. The second kappa shape index (κ2) is 12.5. The number of allylic oxidation sites excluding steroid dienone is 1. The Labute approximate surface area is 112 Å². The summed E-state index contributed by atoms with van der Waals surface area (Å²) in [6, 6.07) is 0. The van der Waals surface area contributed by atoms with Crippen LogP contribution in [0.1, 0.15) is 71.6 Å². The van der Waals surface area contributed by atoms with E-state index in [4.69, 9.17) is 4.74 Å². The lowest BCUT2D eigenvalue weighted by Crippen LogP contribution is -2.06. The highest BCUT2D eigenvalue weighted by molar-refractivity contribution is 5.61. The molecule has 0 aliphatic rings. The zero-order valence-corrected chi connectivity index (χ0v) is 12.0. The fraction of sp³-hybridized carbons (Fsp3) is 0.800. The van der Waals surface area contributed by atoms with Crippen molar-refractivity contribution in [1.29, 1.82) is 0 Å². The molecule has 0 aliphatic carbocycles. The molecule has 0 saturated carbocycles. The Morgan fingerprint density at radius 3 is 1.94 bits per heavy atom. The van der Waals surface area contributed by atoms with E-state index in [0.29, 0.717) is 12.4 Å². The van der Waals surface area contributed by atoms with Crippen LogP contribution in [0, 0.1) is 0 Å². The molecule has 18 heavy (non-hydrogen) atoms. The zero-order valence-electron chi connectivity index (χ0n) is 12.0. The van der Waals surface area contributed by atoms with Crippen molar-refractivity contribution in [1.82, 2.24) is 0 Å². The highest BCUT2D eigenvalue weighted by Crippen LogP contribution is 2.09. The third kappa shape index (κ3) is 13.1. The largest absolute Gasteiger partial charge is 0.513 e. The topological polar surface area (TPSA) is 35.5 Å². The molecule has 0 rings (SSSR count). The Kier molecular flexibility index (Phi) is 11.8. The molecule has 0 amide bonds. The molecule has 3 nitrogen and oxygen atoms in total. The number of unbranched alkanes of at least 4 members (excludes halogenated alkanes) is 8. The molecule has 0 atom stereocenters. The Balaban J connectivity index is 3.11. The highest BCUT2D eigenvalue weighted by atomic mass is 16.7. The van der Waals surface area contributed by atoms with Gasteiger partial charge in [0.15, 0.2) is 0 Å². The first kappa shape index (κ1) is 17.0. The van der Waals surface area contributed by atoms with Gasteiger partial charge in [0, 0.05) is 0 Å². The minimum atomic E-state index is -0.637. The Morgan fingerprint density at radius 2 is 1.44 bits per heavy atom. The van der Waals surface area contributed by atoms with Gasteiger partial charge in [0.2, 0.25) is 0 Å². The normalized spacial score (nSPS) is 10.1. The van der Waals surface area contributed by atoms with Gasteiger partial charge in [-0.1, -0.05) is 64.9 Å². The minimum Gasteiger partial charge on any atom is -0.434 e. The van der Waals surface area contributed by atoms with Crippen LogP contribution in [0.15, 0.2) is 12.3 Å². The molecule has 3 heteroatoms. The van der Waals surface area contributed by atoms with Crippen LogP contribution in [-0.4, -0.2) is 12.8 Å². The average molecular weight is 256 g/mol. The molecule has 0 aromatic heterocycles. The number of hydrogen-bond donors (Lipinski definition) is 0. The van der Waals surface area contributed by atoms with Gasteiger partial charge in [-0.15, -0.1) is 0 Å². The van der Waals surface area contributed by atoms with Crippen LogP contribution >= 0.6 is 0 Å². The molecule has 0 bridgehead atoms. The van der Waals surface area contributed by atoms with E-state index in [1.165, 1.54) is 44.9 Å². The van der Waals surface area contributed by atoms with Crippen molar-refractivity contribution in [3.8, 4) is 0 Å². The summed E-state index contributed by atoms with van der Waals surface area (Å²) in [6.45, 7) is 7.78. The highest BCUT2D eigenvalue weighted by Gasteiger charge is 2.02. The van der Waals surface area contributed by atoms with Crippen molar-refractivity contribution in [3.63, 3.8) is 0 Å². The predicted molar refractivity (Wildman–Crippen MR) is 74.5 cm³/mol. The van der Waals surface area contributed by atoms with Crippen LogP contribution in [0.4, 0.5) is 4.79 Å². The maximum Gasteiger partial charge on any atom is 0.513 e. The number of rotatable bonds is 11. The average Bonchev–Trinajstić information content (AvgIpc) is 2.30. The summed E-state index contributed by atoms with van der Waals surface area (Å²) in [4.78, 5) is 11.0. The number of ether oxygens (including phenoxy) is 2. The standard InChI is InChI=1S/C15H28O3/c1-4-5-6-7-8-9-10-11-12-13-17-15(16)18-14(2)3/h2,4-13H2,1,3H3. The molecule has 0 unspecified atom stereocenters. The van der Waals surface area contributed by atoms with Crippen molar-refractivity contribution >= 4 is 6.16 Å². The first-order valence-electron chi connectivity index (χ1n) is 7.17. The molecular formula is C15H28O3. The lowest BCUT2D eigenvalue weighted by molar-refractivity contribution is 0.0763. The SMILES string of the molecule is C=C(C)OC(=O)OCCCCCCCCCCC. The summed E-state index contributed by atoms with van der Waals surface area (Å²) in [6.07, 6.45) is 10.6. The van der Waals surface area contributed by atoms with Gasteiger partial charge < -0.3 is 9.47 Å². The molecule has 106 valence electrons. The molecule has 0 saturated heterocycles. The smallest absolute Gasteiger partial charge is 0.434 e. The molecule has 0 aromatic carbocycles. The van der Waals surface area contributed by atoms with E-state index in [0.717, 1.165) is 12.8 Å². The van der Waals surface area contributed by atoms with Gasteiger partial charge in [0.25, 0.3) is 0 Å². The fourth-order valence-electron chi connectivity index (χ4n) is 1.74. The van der Waals surface area contributed by atoms with E-state index in [2.05, 4.69) is 18.2 Å². The summed E-state index contributed by atoms with van der Waals surface area (Å²) in [5, 5.41) is 0. The molecule has 0 aromatic rings. The van der Waals surface area contributed by atoms with Crippen LogP contribution in [0.2, 0.25) is 0 Å². The Hall–Kier alpha value is -0.990. The Bertz CT molecular complexity index is 224. The van der Waals surface area contributed by atoms with Crippen molar-refractivity contribution in [2.24, 2.45) is 0 Å². The van der Waals surface area contributed by atoms with Gasteiger partial charge >= 0.3 is 6.16 Å². The lowest BCUT2D eigenvalue weighted by Gasteiger charge is -2.05. The zero-order chi connectivity index (χ0) is 13.6. The molecule has 0 aliphatic heterocycles. The van der Waals surface area contributed by atoms with Gasteiger partial charge in [0.1, 0.15) is 5.76 Å². The van der Waals surface area contributed by atoms with E-state index in [-0.39, 0.29) is 0 Å². The first-order chi connectivity index (χ1) is 8.66. The van der Waals surface area contributed by atoms with Crippen LogP contribution in [-0.2, 0) is 9.47 Å². The monoisotopic (exact) mass is 256 g/mol. The maximum absolute atomic E-state index is 11.0. The summed E-state index contributed by atoms with van der Waals surface area (Å²) in [7, 11) is 0. The maximum atomic E-state index is 11.0. The van der Waals surface area contributed by atoms with Gasteiger partial charge in [-0.2, -0.15) is 0 Å². The van der Waals surface area contributed by atoms with Gasteiger partial charge in [-0.25, -0.2) is 4.79 Å². The van der Waals surface area contributed by atoms with Crippen molar-refractivity contribution in [3.05, 3.63) is 12.3 Å². The minimum absolute atomic E-state index is 0.368. The second-order valence-corrected chi connectivity index (χ2v) is 4.73. The van der Waals surface area contributed by atoms with Crippen LogP contribution < -0.4 is 0 Å². The van der Waals surface area contributed by atoms with Gasteiger partial charge in [-0.3, -0.25) is 0 Å². The number of carbonyl (C=O) groups is 1. The van der Waals surface area contributed by atoms with E-state index in [1.54, 1.807) is 6.92 Å². The lowest BCUT2D eigenvalue weighted by atomic mass is 10.1. The predicted octanol–water partition coefficient (Wildman–Crippen LogP) is 5.20. The first-order valence-corrected chi connectivity index (χ1v) is 7.17. The molecule has 0 spiro atoms. The summed E-state index contributed by atoms with van der Waals surface area (Å²) in [5.74, 6) is 0.368. The summed E-state index contributed by atoms with van der Waals surface area (Å²) in [5.41, 5.74) is 0. The van der Waals surface area contributed by atoms with Gasteiger partial charge in [-0.05, 0) is 13.3 Å². The molecule has 0 heterocycles. The Morgan fingerprint density at radius 1 is 0.944 bits per heavy atom. The van der Waals surface area contributed by atoms with E-state index >= 15 is 0 Å². The van der Waals surface area contributed by atoms with Crippen LogP contribution in [0.25, 0.3) is 0 Å². The molecule has 0 N–H and O–H groups in total. The van der Waals surface area contributed by atoms with Crippen molar-refractivity contribution in [2.75, 3.05) is 6.61 Å².